The highest BCUT2D eigenvalue weighted by Gasteiger charge is 2.09. The van der Waals surface area contributed by atoms with Crippen molar-refractivity contribution in [2.24, 2.45) is 0 Å². The summed E-state index contributed by atoms with van der Waals surface area (Å²) in [5.41, 5.74) is 6.27. The summed E-state index contributed by atoms with van der Waals surface area (Å²) in [4.78, 5) is 15.6. The number of carbonyl (C=O) groups is 1. The van der Waals surface area contributed by atoms with Gasteiger partial charge < -0.3 is 20.3 Å². The van der Waals surface area contributed by atoms with Gasteiger partial charge in [0, 0.05) is 25.3 Å². The summed E-state index contributed by atoms with van der Waals surface area (Å²) in [6.07, 6.45) is 0.952. The number of anilines is 1. The molecule has 106 valence electrons. The summed E-state index contributed by atoms with van der Waals surface area (Å²) in [5, 5.41) is 0. The van der Waals surface area contributed by atoms with E-state index >= 15 is 0 Å². The number of likely N-dealkylation sites (N-methyl/N-ethyl adjacent to an activating group) is 1. The second-order valence-corrected chi connectivity index (χ2v) is 4.83. The van der Waals surface area contributed by atoms with Gasteiger partial charge in [-0.05, 0) is 39.2 Å². The molecular formula is C14H23N3O2. The molecule has 0 aromatic heterocycles. The first kappa shape index (κ1) is 15.3. The first-order valence-corrected chi connectivity index (χ1v) is 6.36. The van der Waals surface area contributed by atoms with Crippen molar-refractivity contribution >= 4 is 11.6 Å². The Balaban J connectivity index is 2.30. The van der Waals surface area contributed by atoms with Gasteiger partial charge in [-0.25, -0.2) is 0 Å². The number of nitrogen functional groups attached to an aromatic ring is 1. The summed E-state index contributed by atoms with van der Waals surface area (Å²) in [6.45, 7) is 1.74. The highest BCUT2D eigenvalue weighted by atomic mass is 16.5. The SMILES string of the molecule is CN(C)CCCN(C)C(=O)COc1cccc(N)c1. The van der Waals surface area contributed by atoms with E-state index < -0.39 is 0 Å². The molecule has 5 nitrogen and oxygen atoms in total. The molecular weight excluding hydrogens is 242 g/mol. The topological polar surface area (TPSA) is 58.8 Å². The first-order chi connectivity index (χ1) is 8.99. The van der Waals surface area contributed by atoms with Crippen LogP contribution in [-0.2, 0) is 4.79 Å². The third kappa shape index (κ3) is 6.10. The number of hydrogen-bond acceptors (Lipinski definition) is 4. The maximum absolute atomic E-state index is 11.8. The highest BCUT2D eigenvalue weighted by molar-refractivity contribution is 5.77. The second kappa shape index (κ2) is 7.63. The number of rotatable bonds is 7. The number of benzene rings is 1. The maximum atomic E-state index is 11.8. The third-order valence-electron chi connectivity index (χ3n) is 2.75. The van der Waals surface area contributed by atoms with Crippen molar-refractivity contribution in [3.05, 3.63) is 24.3 Å². The Morgan fingerprint density at radius 1 is 1.26 bits per heavy atom. The molecule has 19 heavy (non-hydrogen) atoms. The Hall–Kier alpha value is -1.75. The van der Waals surface area contributed by atoms with Gasteiger partial charge in [0.15, 0.2) is 6.61 Å². The Kier molecular flexibility index (Phi) is 6.15. The van der Waals surface area contributed by atoms with Crippen molar-refractivity contribution in [3.8, 4) is 5.75 Å². The highest BCUT2D eigenvalue weighted by Crippen LogP contribution is 2.14. The molecule has 1 amide bonds. The normalized spacial score (nSPS) is 10.5. The van der Waals surface area contributed by atoms with Gasteiger partial charge in [0.25, 0.3) is 5.91 Å². The van der Waals surface area contributed by atoms with Gasteiger partial charge in [0.1, 0.15) is 5.75 Å². The number of nitrogens with zero attached hydrogens (tertiary/aromatic N) is 2. The van der Waals surface area contributed by atoms with Gasteiger partial charge in [-0.2, -0.15) is 0 Å². The van der Waals surface area contributed by atoms with Crippen LogP contribution in [0.2, 0.25) is 0 Å². The minimum atomic E-state index is -0.0267. The number of hydrogen-bond donors (Lipinski definition) is 1. The molecule has 0 aliphatic heterocycles. The van der Waals surface area contributed by atoms with Crippen molar-refractivity contribution in [1.82, 2.24) is 9.80 Å². The lowest BCUT2D eigenvalue weighted by molar-refractivity contribution is -0.132. The van der Waals surface area contributed by atoms with Gasteiger partial charge in [-0.3, -0.25) is 4.79 Å². The van der Waals surface area contributed by atoms with Gasteiger partial charge in [0.2, 0.25) is 0 Å². The predicted molar refractivity (Wildman–Crippen MR) is 77.2 cm³/mol. The predicted octanol–water partition coefficient (Wildman–Crippen LogP) is 1.06. The van der Waals surface area contributed by atoms with Crippen LogP contribution < -0.4 is 10.5 Å². The van der Waals surface area contributed by atoms with Crippen LogP contribution in [0.3, 0.4) is 0 Å². The summed E-state index contributed by atoms with van der Waals surface area (Å²) < 4.78 is 5.42. The molecule has 0 atom stereocenters. The minimum absolute atomic E-state index is 0.0267. The molecule has 0 saturated heterocycles. The molecule has 1 aromatic carbocycles. The summed E-state index contributed by atoms with van der Waals surface area (Å²) in [5.74, 6) is 0.594. The van der Waals surface area contributed by atoms with Gasteiger partial charge in [-0.1, -0.05) is 6.07 Å². The van der Waals surface area contributed by atoms with E-state index in [1.165, 1.54) is 0 Å². The summed E-state index contributed by atoms with van der Waals surface area (Å²) >= 11 is 0. The van der Waals surface area contributed by atoms with E-state index in [0.29, 0.717) is 11.4 Å². The van der Waals surface area contributed by atoms with E-state index in [9.17, 15) is 4.79 Å². The fraction of sp³-hybridized carbons (Fsp3) is 0.500. The smallest absolute Gasteiger partial charge is 0.260 e. The summed E-state index contributed by atoms with van der Waals surface area (Å²) in [6, 6.07) is 7.08. The van der Waals surface area contributed by atoms with E-state index in [4.69, 9.17) is 10.5 Å². The molecule has 0 unspecified atom stereocenters. The Labute approximate surface area is 114 Å². The van der Waals surface area contributed by atoms with Gasteiger partial charge in [-0.15, -0.1) is 0 Å². The molecule has 0 aliphatic rings. The molecule has 1 rings (SSSR count). The molecule has 0 fully saturated rings. The number of carbonyl (C=O) groups excluding carboxylic acids is 1. The largest absolute Gasteiger partial charge is 0.484 e. The van der Waals surface area contributed by atoms with Crippen LogP contribution in [0, 0.1) is 0 Å². The molecule has 0 radical (unpaired) electrons. The van der Waals surface area contributed by atoms with Gasteiger partial charge in [0.05, 0.1) is 0 Å². The fourth-order valence-electron chi connectivity index (χ4n) is 1.61. The molecule has 1 aromatic rings. The van der Waals surface area contributed by atoms with E-state index in [1.54, 1.807) is 36.2 Å². The fourth-order valence-corrected chi connectivity index (χ4v) is 1.61. The van der Waals surface area contributed by atoms with Crippen molar-refractivity contribution in [2.75, 3.05) is 46.6 Å². The average Bonchev–Trinajstić information content (AvgIpc) is 2.35. The molecule has 0 saturated carbocycles. The van der Waals surface area contributed by atoms with E-state index in [0.717, 1.165) is 19.5 Å². The van der Waals surface area contributed by atoms with Crippen molar-refractivity contribution in [3.63, 3.8) is 0 Å². The van der Waals surface area contributed by atoms with Crippen LogP contribution in [-0.4, -0.2) is 56.5 Å². The zero-order chi connectivity index (χ0) is 14.3. The number of amides is 1. The maximum Gasteiger partial charge on any atom is 0.260 e. The van der Waals surface area contributed by atoms with E-state index in [2.05, 4.69) is 4.90 Å². The molecule has 0 spiro atoms. The zero-order valence-corrected chi connectivity index (χ0v) is 11.9. The third-order valence-corrected chi connectivity index (χ3v) is 2.75. The second-order valence-electron chi connectivity index (χ2n) is 4.83. The van der Waals surface area contributed by atoms with Gasteiger partial charge >= 0.3 is 0 Å². The quantitative estimate of drug-likeness (QED) is 0.749. The standard InChI is InChI=1S/C14H23N3O2/c1-16(2)8-5-9-17(3)14(18)11-19-13-7-4-6-12(15)10-13/h4,6-7,10H,5,8-9,11,15H2,1-3H3. The van der Waals surface area contributed by atoms with Crippen LogP contribution in [0.5, 0.6) is 5.75 Å². The monoisotopic (exact) mass is 265 g/mol. The van der Waals surface area contributed by atoms with Crippen molar-refractivity contribution in [2.45, 2.75) is 6.42 Å². The lowest BCUT2D eigenvalue weighted by Crippen LogP contribution is -2.33. The number of ether oxygens (including phenoxy) is 1. The van der Waals surface area contributed by atoms with Crippen LogP contribution in [0.4, 0.5) is 5.69 Å². The average molecular weight is 265 g/mol. The summed E-state index contributed by atoms with van der Waals surface area (Å²) in [7, 11) is 5.83. The zero-order valence-electron chi connectivity index (χ0n) is 11.9. The lowest BCUT2D eigenvalue weighted by Gasteiger charge is -2.18. The lowest BCUT2D eigenvalue weighted by atomic mass is 10.3. The molecule has 5 heteroatoms. The van der Waals surface area contributed by atoms with Crippen molar-refractivity contribution in [1.29, 1.82) is 0 Å². The molecule has 0 heterocycles. The minimum Gasteiger partial charge on any atom is -0.484 e. The van der Waals surface area contributed by atoms with Crippen LogP contribution in [0.1, 0.15) is 6.42 Å². The Bertz CT molecular complexity index is 407. The van der Waals surface area contributed by atoms with E-state index in [-0.39, 0.29) is 12.5 Å². The van der Waals surface area contributed by atoms with Crippen LogP contribution in [0.25, 0.3) is 0 Å². The number of nitrogens with two attached hydrogens (primary N) is 1. The van der Waals surface area contributed by atoms with Crippen LogP contribution >= 0.6 is 0 Å². The van der Waals surface area contributed by atoms with E-state index in [1.807, 2.05) is 14.1 Å². The Morgan fingerprint density at radius 2 is 2.00 bits per heavy atom. The van der Waals surface area contributed by atoms with Crippen molar-refractivity contribution < 1.29 is 9.53 Å². The molecule has 2 N–H and O–H groups in total. The van der Waals surface area contributed by atoms with Crippen LogP contribution in [0.15, 0.2) is 24.3 Å². The Morgan fingerprint density at radius 3 is 2.63 bits per heavy atom. The molecule has 0 aliphatic carbocycles. The first-order valence-electron chi connectivity index (χ1n) is 6.36. The molecule has 0 bridgehead atoms.